The molecule has 0 radical (unpaired) electrons. The molecule has 1 atom stereocenters. The summed E-state index contributed by atoms with van der Waals surface area (Å²) in [4.78, 5) is 2.40. The molecule has 1 aliphatic rings. The zero-order valence-electron chi connectivity index (χ0n) is 10.1. The summed E-state index contributed by atoms with van der Waals surface area (Å²) < 4.78 is 5.65. The lowest BCUT2D eigenvalue weighted by Crippen LogP contribution is -2.30. The van der Waals surface area contributed by atoms with E-state index < -0.39 is 0 Å². The molecule has 3 nitrogen and oxygen atoms in total. The van der Waals surface area contributed by atoms with E-state index in [0.29, 0.717) is 0 Å². The standard InChI is InChI=1S/C13H22N2O/c1-15-9-3-5-13(6-8-14,7-10-15)12-4-2-11-16-12/h2,4,11H,3,5-10,14H2,1H3. The predicted molar refractivity (Wildman–Crippen MR) is 65.4 cm³/mol. The minimum absolute atomic E-state index is 0.184. The van der Waals surface area contributed by atoms with Crippen molar-refractivity contribution >= 4 is 0 Å². The molecule has 1 saturated heterocycles. The summed E-state index contributed by atoms with van der Waals surface area (Å²) >= 11 is 0. The van der Waals surface area contributed by atoms with Crippen molar-refractivity contribution in [3.63, 3.8) is 0 Å². The highest BCUT2D eigenvalue weighted by molar-refractivity contribution is 5.15. The van der Waals surface area contributed by atoms with Gasteiger partial charge in [0.25, 0.3) is 0 Å². The smallest absolute Gasteiger partial charge is 0.110 e. The zero-order chi connectivity index (χ0) is 11.4. The normalized spacial score (nSPS) is 27.9. The molecule has 1 fully saturated rings. The molecule has 0 aromatic carbocycles. The summed E-state index contributed by atoms with van der Waals surface area (Å²) in [6, 6.07) is 4.10. The first-order valence-electron chi connectivity index (χ1n) is 6.19. The van der Waals surface area contributed by atoms with Crippen LogP contribution in [0, 0.1) is 0 Å². The molecule has 1 aliphatic heterocycles. The van der Waals surface area contributed by atoms with Crippen LogP contribution in [0.25, 0.3) is 0 Å². The minimum atomic E-state index is 0.184. The Hall–Kier alpha value is -0.800. The second-order valence-electron chi connectivity index (χ2n) is 4.95. The monoisotopic (exact) mass is 222 g/mol. The van der Waals surface area contributed by atoms with E-state index in [4.69, 9.17) is 10.2 Å². The molecule has 3 heteroatoms. The van der Waals surface area contributed by atoms with Crippen LogP contribution in [0.1, 0.15) is 31.4 Å². The summed E-state index contributed by atoms with van der Waals surface area (Å²) in [5.74, 6) is 1.13. The van der Waals surface area contributed by atoms with Crippen LogP contribution in [0.15, 0.2) is 22.8 Å². The Kier molecular flexibility index (Phi) is 3.66. The van der Waals surface area contributed by atoms with Gasteiger partial charge in [0.15, 0.2) is 0 Å². The third-order valence-corrected chi connectivity index (χ3v) is 3.83. The number of nitrogens with zero attached hydrogens (tertiary/aromatic N) is 1. The van der Waals surface area contributed by atoms with Crippen LogP contribution in [0.2, 0.25) is 0 Å². The molecule has 16 heavy (non-hydrogen) atoms. The average Bonchev–Trinajstić information content (AvgIpc) is 2.74. The van der Waals surface area contributed by atoms with Crippen molar-refractivity contribution in [3.8, 4) is 0 Å². The molecule has 0 aliphatic carbocycles. The summed E-state index contributed by atoms with van der Waals surface area (Å²) in [6.45, 7) is 3.07. The van der Waals surface area contributed by atoms with E-state index in [1.54, 1.807) is 6.26 Å². The Bertz CT molecular complexity index is 310. The van der Waals surface area contributed by atoms with Crippen molar-refractivity contribution in [2.75, 3.05) is 26.7 Å². The Labute approximate surface area is 97.6 Å². The van der Waals surface area contributed by atoms with Gasteiger partial charge in [-0.2, -0.15) is 0 Å². The summed E-state index contributed by atoms with van der Waals surface area (Å²) in [5.41, 5.74) is 5.96. The van der Waals surface area contributed by atoms with E-state index in [9.17, 15) is 0 Å². The fourth-order valence-corrected chi connectivity index (χ4v) is 2.81. The van der Waals surface area contributed by atoms with Gasteiger partial charge in [-0.1, -0.05) is 0 Å². The van der Waals surface area contributed by atoms with E-state index in [2.05, 4.69) is 18.0 Å². The second-order valence-corrected chi connectivity index (χ2v) is 4.95. The van der Waals surface area contributed by atoms with Crippen LogP contribution in [-0.2, 0) is 5.41 Å². The van der Waals surface area contributed by atoms with Gasteiger partial charge in [-0.05, 0) is 64.5 Å². The largest absolute Gasteiger partial charge is 0.469 e. The van der Waals surface area contributed by atoms with Gasteiger partial charge in [0.05, 0.1) is 6.26 Å². The highest BCUT2D eigenvalue weighted by Crippen LogP contribution is 2.38. The maximum atomic E-state index is 5.78. The van der Waals surface area contributed by atoms with Gasteiger partial charge in [0.2, 0.25) is 0 Å². The lowest BCUT2D eigenvalue weighted by molar-refractivity contribution is 0.274. The lowest BCUT2D eigenvalue weighted by Gasteiger charge is -2.30. The first-order chi connectivity index (χ1) is 7.77. The topological polar surface area (TPSA) is 42.4 Å². The molecule has 0 spiro atoms. The van der Waals surface area contributed by atoms with Crippen molar-refractivity contribution in [3.05, 3.63) is 24.2 Å². The van der Waals surface area contributed by atoms with Gasteiger partial charge in [0.1, 0.15) is 5.76 Å². The molecule has 2 N–H and O–H groups in total. The SMILES string of the molecule is CN1CCCC(CCN)(c2ccco2)CC1. The number of nitrogens with two attached hydrogens (primary N) is 1. The van der Waals surface area contributed by atoms with E-state index >= 15 is 0 Å². The molecule has 2 heterocycles. The molecule has 1 aromatic rings. The van der Waals surface area contributed by atoms with Crippen LogP contribution < -0.4 is 5.73 Å². The Morgan fingerprint density at radius 2 is 2.31 bits per heavy atom. The first-order valence-corrected chi connectivity index (χ1v) is 6.19. The van der Waals surface area contributed by atoms with Crippen molar-refractivity contribution in [1.82, 2.24) is 4.90 Å². The van der Waals surface area contributed by atoms with Crippen molar-refractivity contribution in [1.29, 1.82) is 0 Å². The Morgan fingerprint density at radius 3 is 3.00 bits per heavy atom. The highest BCUT2D eigenvalue weighted by Gasteiger charge is 2.35. The van der Waals surface area contributed by atoms with Gasteiger partial charge in [0, 0.05) is 5.41 Å². The summed E-state index contributed by atoms with van der Waals surface area (Å²) in [7, 11) is 2.20. The molecular formula is C13H22N2O. The van der Waals surface area contributed by atoms with Gasteiger partial charge in [-0.25, -0.2) is 0 Å². The number of hydrogen-bond donors (Lipinski definition) is 1. The highest BCUT2D eigenvalue weighted by atomic mass is 16.3. The lowest BCUT2D eigenvalue weighted by atomic mass is 9.75. The number of furan rings is 1. The number of hydrogen-bond acceptors (Lipinski definition) is 3. The molecule has 1 unspecified atom stereocenters. The maximum absolute atomic E-state index is 5.78. The van der Waals surface area contributed by atoms with Crippen LogP contribution in [0.4, 0.5) is 0 Å². The van der Waals surface area contributed by atoms with Gasteiger partial charge < -0.3 is 15.1 Å². The second kappa shape index (κ2) is 5.02. The molecule has 2 rings (SSSR count). The van der Waals surface area contributed by atoms with E-state index in [-0.39, 0.29) is 5.41 Å². The fraction of sp³-hybridized carbons (Fsp3) is 0.692. The minimum Gasteiger partial charge on any atom is -0.469 e. The molecule has 1 aromatic heterocycles. The maximum Gasteiger partial charge on any atom is 0.110 e. The molecule has 0 bridgehead atoms. The molecule has 90 valence electrons. The third-order valence-electron chi connectivity index (χ3n) is 3.83. The van der Waals surface area contributed by atoms with E-state index in [1.165, 1.54) is 19.4 Å². The van der Waals surface area contributed by atoms with Crippen LogP contribution in [0.5, 0.6) is 0 Å². The van der Waals surface area contributed by atoms with Crippen LogP contribution >= 0.6 is 0 Å². The van der Waals surface area contributed by atoms with Crippen LogP contribution in [-0.4, -0.2) is 31.6 Å². The Morgan fingerprint density at radius 1 is 1.44 bits per heavy atom. The van der Waals surface area contributed by atoms with Gasteiger partial charge in [-0.3, -0.25) is 0 Å². The first kappa shape index (κ1) is 11.7. The quantitative estimate of drug-likeness (QED) is 0.850. The molecular weight excluding hydrogens is 200 g/mol. The van der Waals surface area contributed by atoms with Crippen molar-refractivity contribution < 1.29 is 4.42 Å². The Balaban J connectivity index is 2.20. The number of likely N-dealkylation sites (tertiary alicyclic amines) is 1. The van der Waals surface area contributed by atoms with Gasteiger partial charge >= 0.3 is 0 Å². The molecule has 0 saturated carbocycles. The zero-order valence-corrected chi connectivity index (χ0v) is 10.1. The molecule has 0 amide bonds. The number of rotatable bonds is 3. The average molecular weight is 222 g/mol. The third kappa shape index (κ3) is 2.30. The summed E-state index contributed by atoms with van der Waals surface area (Å²) in [6.07, 6.45) is 6.41. The van der Waals surface area contributed by atoms with Gasteiger partial charge in [-0.15, -0.1) is 0 Å². The predicted octanol–water partition coefficient (Wildman–Crippen LogP) is 1.98. The van der Waals surface area contributed by atoms with Crippen LogP contribution in [0.3, 0.4) is 0 Å². The summed E-state index contributed by atoms with van der Waals surface area (Å²) in [5, 5.41) is 0. The van der Waals surface area contributed by atoms with Crippen molar-refractivity contribution in [2.24, 2.45) is 5.73 Å². The van der Waals surface area contributed by atoms with E-state index in [0.717, 1.165) is 31.7 Å². The van der Waals surface area contributed by atoms with Crippen molar-refractivity contribution in [2.45, 2.75) is 31.1 Å². The van der Waals surface area contributed by atoms with E-state index in [1.807, 2.05) is 6.07 Å². The fourth-order valence-electron chi connectivity index (χ4n) is 2.81.